The van der Waals surface area contributed by atoms with Gasteiger partial charge in [-0.15, -0.1) is 0 Å². The molecule has 1 aromatic rings. The van der Waals surface area contributed by atoms with Crippen LogP contribution in [0.3, 0.4) is 0 Å². The first-order valence-electron chi connectivity index (χ1n) is 14.5. The monoisotopic (exact) mass is 624 g/mol. The molecular formula is C31H42F2N2O9. The first kappa shape index (κ1) is 36.3. The van der Waals surface area contributed by atoms with Gasteiger partial charge in [0.05, 0.1) is 0 Å². The van der Waals surface area contributed by atoms with E-state index >= 15 is 0 Å². The molecule has 0 aromatic heterocycles. The molecule has 1 N–H and O–H groups in total. The lowest BCUT2D eigenvalue weighted by atomic mass is 9.98. The third-order valence-electron chi connectivity index (χ3n) is 7.03. The van der Waals surface area contributed by atoms with Gasteiger partial charge in [0.1, 0.15) is 17.7 Å². The maximum Gasteiger partial charge on any atom is 0.303 e. The van der Waals surface area contributed by atoms with E-state index in [2.05, 4.69) is 5.32 Å². The number of methoxy groups -OCH3 is 1. The molecule has 1 aliphatic heterocycles. The molecule has 0 saturated carbocycles. The summed E-state index contributed by atoms with van der Waals surface area (Å²) in [5.41, 5.74) is 0.249. The Hall–Kier alpha value is -3.87. The number of nitrogens with zero attached hydrogens (tertiary/aromatic N) is 1. The summed E-state index contributed by atoms with van der Waals surface area (Å²) in [6, 6.07) is 1.95. The van der Waals surface area contributed by atoms with E-state index in [1.807, 2.05) is 13.8 Å². The number of benzene rings is 1. The van der Waals surface area contributed by atoms with Gasteiger partial charge in [-0.2, -0.15) is 0 Å². The number of nitrogens with one attached hydrogen (secondary N) is 1. The number of rotatable bonds is 14. The lowest BCUT2D eigenvalue weighted by Gasteiger charge is -2.34. The molecule has 0 bridgehead atoms. The molecule has 0 spiro atoms. The Kier molecular flexibility index (Phi) is 14.4. The van der Waals surface area contributed by atoms with Crippen LogP contribution in [0.4, 0.5) is 8.78 Å². The average molecular weight is 625 g/mol. The Bertz CT molecular complexity index is 1190. The summed E-state index contributed by atoms with van der Waals surface area (Å²) in [5, 5.41) is 2.64. The Labute approximate surface area is 256 Å². The lowest BCUT2D eigenvalue weighted by Crippen LogP contribution is -2.58. The third kappa shape index (κ3) is 11.3. The van der Waals surface area contributed by atoms with Crippen molar-refractivity contribution in [2.24, 2.45) is 5.92 Å². The summed E-state index contributed by atoms with van der Waals surface area (Å²) in [4.78, 5) is 64.9. The predicted octanol–water partition coefficient (Wildman–Crippen LogP) is 3.37. The topological polar surface area (TPSA) is 138 Å². The van der Waals surface area contributed by atoms with Gasteiger partial charge in [0.25, 0.3) is 5.91 Å². The highest BCUT2D eigenvalue weighted by Gasteiger charge is 2.45. The zero-order valence-corrected chi connectivity index (χ0v) is 26.0. The normalized spacial score (nSPS) is 18.9. The fourth-order valence-electron chi connectivity index (χ4n) is 4.81. The number of likely N-dealkylation sites (tertiary alicyclic amines) is 1. The van der Waals surface area contributed by atoms with E-state index in [1.165, 1.54) is 18.1 Å². The van der Waals surface area contributed by atoms with Crippen LogP contribution in [-0.4, -0.2) is 78.7 Å². The highest BCUT2D eigenvalue weighted by atomic mass is 19.1. The molecule has 0 aliphatic carbocycles. The quantitative estimate of drug-likeness (QED) is 0.188. The van der Waals surface area contributed by atoms with Crippen LogP contribution >= 0.6 is 0 Å². The van der Waals surface area contributed by atoms with Gasteiger partial charge >= 0.3 is 17.9 Å². The largest absolute Gasteiger partial charge is 0.455 e. The van der Waals surface area contributed by atoms with Crippen molar-refractivity contribution in [1.82, 2.24) is 10.2 Å². The van der Waals surface area contributed by atoms with Crippen LogP contribution in [0.5, 0.6) is 0 Å². The van der Waals surface area contributed by atoms with Gasteiger partial charge in [-0.25, -0.2) is 8.78 Å². The SMILES string of the molecule is CCC(C)C=C[C@@H](OC(C)=O)[C@H](OC(C)=O)[C@@H](OC(C)=O)[C@@H](OC)C(=O)N[C@H]1CCCCN(Cc2cc(F)cc(F)c2)C1=O. The van der Waals surface area contributed by atoms with Gasteiger partial charge in [-0.1, -0.05) is 26.3 Å². The van der Waals surface area contributed by atoms with Crippen molar-refractivity contribution in [3.8, 4) is 0 Å². The van der Waals surface area contributed by atoms with Crippen LogP contribution in [0.15, 0.2) is 30.4 Å². The minimum atomic E-state index is -1.61. The van der Waals surface area contributed by atoms with Crippen LogP contribution in [0.1, 0.15) is 65.9 Å². The number of halogens is 2. The molecule has 6 atom stereocenters. The van der Waals surface area contributed by atoms with Crippen molar-refractivity contribution >= 4 is 29.7 Å². The smallest absolute Gasteiger partial charge is 0.303 e. The molecule has 244 valence electrons. The highest BCUT2D eigenvalue weighted by molar-refractivity contribution is 5.90. The minimum Gasteiger partial charge on any atom is -0.455 e. The molecule has 1 aliphatic rings. The number of allylic oxidation sites excluding steroid dienone is 1. The summed E-state index contributed by atoms with van der Waals surface area (Å²) in [6.45, 7) is 7.41. The second kappa shape index (κ2) is 17.4. The van der Waals surface area contributed by atoms with Gasteiger partial charge < -0.3 is 29.2 Å². The van der Waals surface area contributed by atoms with Crippen LogP contribution in [0.25, 0.3) is 0 Å². The maximum absolute atomic E-state index is 13.8. The molecule has 11 nitrogen and oxygen atoms in total. The predicted molar refractivity (Wildman–Crippen MR) is 154 cm³/mol. The number of carbonyl (C=O) groups is 5. The van der Waals surface area contributed by atoms with Gasteiger partial charge in [-0.3, -0.25) is 24.0 Å². The number of ether oxygens (including phenoxy) is 4. The molecule has 2 rings (SSSR count). The van der Waals surface area contributed by atoms with E-state index in [1.54, 1.807) is 6.08 Å². The summed E-state index contributed by atoms with van der Waals surface area (Å²) in [6.07, 6.45) is -0.595. The first-order valence-corrected chi connectivity index (χ1v) is 14.5. The molecule has 1 unspecified atom stereocenters. The molecule has 1 aromatic carbocycles. The first-order chi connectivity index (χ1) is 20.7. The second-order valence-corrected chi connectivity index (χ2v) is 10.7. The van der Waals surface area contributed by atoms with Crippen LogP contribution < -0.4 is 5.32 Å². The fourth-order valence-corrected chi connectivity index (χ4v) is 4.81. The van der Waals surface area contributed by atoms with Crippen molar-refractivity contribution in [3.05, 3.63) is 47.5 Å². The van der Waals surface area contributed by atoms with Crippen molar-refractivity contribution in [3.63, 3.8) is 0 Å². The number of esters is 3. The van der Waals surface area contributed by atoms with E-state index in [4.69, 9.17) is 18.9 Å². The molecule has 0 radical (unpaired) electrons. The Balaban J connectivity index is 2.40. The van der Waals surface area contributed by atoms with E-state index in [-0.39, 0.29) is 24.4 Å². The van der Waals surface area contributed by atoms with Gasteiger partial charge in [0.2, 0.25) is 5.91 Å². The van der Waals surface area contributed by atoms with Crippen LogP contribution in [0, 0.1) is 17.6 Å². The van der Waals surface area contributed by atoms with Gasteiger partial charge in [0.15, 0.2) is 24.4 Å². The number of hydrogen-bond donors (Lipinski definition) is 1. The highest BCUT2D eigenvalue weighted by Crippen LogP contribution is 2.23. The maximum atomic E-state index is 13.8. The second-order valence-electron chi connectivity index (χ2n) is 10.7. The van der Waals surface area contributed by atoms with E-state index < -0.39 is 71.8 Å². The molecule has 2 amide bonds. The molecular weight excluding hydrogens is 582 g/mol. The van der Waals surface area contributed by atoms with E-state index in [0.717, 1.165) is 45.4 Å². The van der Waals surface area contributed by atoms with Gasteiger partial charge in [0, 0.05) is 47.0 Å². The van der Waals surface area contributed by atoms with E-state index in [0.29, 0.717) is 19.4 Å². The van der Waals surface area contributed by atoms with Crippen molar-refractivity contribution in [1.29, 1.82) is 0 Å². The zero-order valence-electron chi connectivity index (χ0n) is 26.0. The number of amides is 2. The average Bonchev–Trinajstić information content (AvgIpc) is 3.09. The van der Waals surface area contributed by atoms with Crippen molar-refractivity contribution in [2.75, 3.05) is 13.7 Å². The number of hydrogen-bond acceptors (Lipinski definition) is 9. The van der Waals surface area contributed by atoms with Crippen LogP contribution in [-0.2, 0) is 49.5 Å². The summed E-state index contributed by atoms with van der Waals surface area (Å²) < 4.78 is 49.3. The van der Waals surface area contributed by atoms with E-state index in [9.17, 15) is 32.8 Å². The molecule has 1 heterocycles. The summed E-state index contributed by atoms with van der Waals surface area (Å²) in [5.74, 6) is -5.21. The molecule has 1 saturated heterocycles. The third-order valence-corrected chi connectivity index (χ3v) is 7.03. The van der Waals surface area contributed by atoms with Gasteiger partial charge in [-0.05, 0) is 49.0 Å². The Morgan fingerprint density at radius 1 is 0.955 bits per heavy atom. The summed E-state index contributed by atoms with van der Waals surface area (Å²) >= 11 is 0. The fraction of sp³-hybridized carbons (Fsp3) is 0.581. The standard InChI is InChI=1S/C31H42F2N2O9/c1-7-18(2)11-12-26(42-19(3)36)27(43-20(4)37)28(44-21(5)38)29(41-6)30(39)34-25-10-8-9-13-35(31(25)40)17-22-14-23(32)16-24(33)15-22/h11-12,14-16,18,25-29H,7-10,13,17H2,1-6H3,(H,34,39)/t18?,25-,26+,27-,28+,29+/m0/s1. The number of carbonyl (C=O) groups excluding carboxylic acids is 5. The minimum absolute atomic E-state index is 0.0489. The molecule has 44 heavy (non-hydrogen) atoms. The van der Waals surface area contributed by atoms with Crippen molar-refractivity contribution in [2.45, 2.75) is 97.3 Å². The molecule has 1 fully saturated rings. The molecule has 13 heteroatoms. The summed E-state index contributed by atoms with van der Waals surface area (Å²) in [7, 11) is 1.17. The van der Waals surface area contributed by atoms with Crippen molar-refractivity contribution < 1.29 is 51.7 Å². The lowest BCUT2D eigenvalue weighted by molar-refractivity contribution is -0.192. The van der Waals surface area contributed by atoms with Crippen LogP contribution in [0.2, 0.25) is 0 Å². The zero-order chi connectivity index (χ0) is 33.0. The Morgan fingerprint density at radius 2 is 1.55 bits per heavy atom. The Morgan fingerprint density at radius 3 is 2.09 bits per heavy atom.